The van der Waals surface area contributed by atoms with Crippen LogP contribution in [0.1, 0.15) is 11.3 Å². The predicted molar refractivity (Wildman–Crippen MR) is 42.4 cm³/mol. The third-order valence-corrected chi connectivity index (χ3v) is 1.63. The van der Waals surface area contributed by atoms with Crippen LogP contribution in [0.4, 0.5) is 12.9 Å². The van der Waals surface area contributed by atoms with Gasteiger partial charge in [-0.2, -0.15) is 0 Å². The van der Waals surface area contributed by atoms with Crippen LogP contribution in [0.15, 0.2) is 12.3 Å². The molecular weight excluding hydrogens is 166 g/mol. The van der Waals surface area contributed by atoms with Crippen LogP contribution < -0.4 is 5.46 Å². The SMILES string of the molecule is Cc1cc([B-](F)(F)F)c(C)cn1. The highest BCUT2D eigenvalue weighted by Gasteiger charge is 2.27. The highest BCUT2D eigenvalue weighted by atomic mass is 19.4. The molecule has 0 radical (unpaired) electrons. The van der Waals surface area contributed by atoms with Gasteiger partial charge in [-0.15, -0.1) is 5.46 Å². The molecule has 0 aliphatic carbocycles. The van der Waals surface area contributed by atoms with Crippen molar-refractivity contribution in [3.05, 3.63) is 23.5 Å². The second-order valence-electron chi connectivity index (χ2n) is 2.76. The minimum Gasteiger partial charge on any atom is -0.445 e. The first-order valence-corrected chi connectivity index (χ1v) is 3.54. The zero-order valence-electron chi connectivity index (χ0n) is 6.81. The minimum absolute atomic E-state index is 0.188. The molecule has 0 N–H and O–H groups in total. The van der Waals surface area contributed by atoms with Crippen LogP contribution in [0.25, 0.3) is 0 Å². The molecule has 0 aliphatic heterocycles. The van der Waals surface area contributed by atoms with Gasteiger partial charge in [-0.05, 0) is 13.8 Å². The van der Waals surface area contributed by atoms with Crippen LogP contribution in [0.2, 0.25) is 0 Å². The minimum atomic E-state index is -4.89. The van der Waals surface area contributed by atoms with E-state index in [1.807, 2.05) is 0 Å². The summed E-state index contributed by atoms with van der Waals surface area (Å²) in [6.07, 6.45) is 1.25. The monoisotopic (exact) mass is 174 g/mol. The van der Waals surface area contributed by atoms with Crippen LogP contribution in [-0.4, -0.2) is 12.0 Å². The molecule has 1 aromatic rings. The van der Waals surface area contributed by atoms with Crippen molar-refractivity contribution in [1.29, 1.82) is 0 Å². The Hall–Kier alpha value is -0.995. The van der Waals surface area contributed by atoms with Crippen LogP contribution in [-0.2, 0) is 0 Å². The second-order valence-corrected chi connectivity index (χ2v) is 2.76. The van der Waals surface area contributed by atoms with E-state index in [0.717, 1.165) is 6.07 Å². The van der Waals surface area contributed by atoms with Crippen molar-refractivity contribution in [1.82, 2.24) is 4.98 Å². The second kappa shape index (κ2) is 2.81. The topological polar surface area (TPSA) is 12.9 Å². The summed E-state index contributed by atoms with van der Waals surface area (Å²) < 4.78 is 36.8. The Morgan fingerprint density at radius 2 is 1.83 bits per heavy atom. The van der Waals surface area contributed by atoms with E-state index in [9.17, 15) is 12.9 Å². The highest BCUT2D eigenvalue weighted by Crippen LogP contribution is 2.11. The van der Waals surface area contributed by atoms with E-state index in [1.54, 1.807) is 6.92 Å². The van der Waals surface area contributed by atoms with E-state index in [2.05, 4.69) is 4.98 Å². The van der Waals surface area contributed by atoms with Gasteiger partial charge in [0.15, 0.2) is 0 Å². The highest BCUT2D eigenvalue weighted by molar-refractivity contribution is 6.74. The summed E-state index contributed by atoms with van der Waals surface area (Å²) in [4.78, 5) is 3.76. The Morgan fingerprint density at radius 3 is 2.25 bits per heavy atom. The van der Waals surface area contributed by atoms with E-state index < -0.39 is 12.4 Å². The van der Waals surface area contributed by atoms with Gasteiger partial charge in [0.05, 0.1) is 0 Å². The Morgan fingerprint density at radius 1 is 1.25 bits per heavy atom. The third kappa shape index (κ3) is 1.78. The Kier molecular flexibility index (Phi) is 2.13. The van der Waals surface area contributed by atoms with Gasteiger partial charge in [-0.1, -0.05) is 11.6 Å². The molecule has 0 bridgehead atoms. The molecule has 0 aromatic carbocycles. The van der Waals surface area contributed by atoms with E-state index in [4.69, 9.17) is 0 Å². The van der Waals surface area contributed by atoms with Gasteiger partial charge in [-0.3, -0.25) is 4.98 Å². The Balaban J connectivity index is 3.23. The molecule has 66 valence electrons. The standard InChI is InChI=1S/C7H8BF3N/c1-5-4-12-6(2)3-7(5)8(9,10)11/h3-4H,1-2H3/q-1. The number of aryl methyl sites for hydroxylation is 2. The van der Waals surface area contributed by atoms with Gasteiger partial charge in [0.2, 0.25) is 0 Å². The summed E-state index contributed by atoms with van der Waals surface area (Å²) >= 11 is 0. The summed E-state index contributed by atoms with van der Waals surface area (Å²) in [6.45, 7) is -1.93. The molecule has 0 unspecified atom stereocenters. The number of aromatic nitrogens is 1. The number of rotatable bonds is 1. The van der Waals surface area contributed by atoms with Gasteiger partial charge >= 0.3 is 6.98 Å². The fraction of sp³-hybridized carbons (Fsp3) is 0.286. The molecule has 0 amide bonds. The van der Waals surface area contributed by atoms with Gasteiger partial charge in [0.25, 0.3) is 0 Å². The average Bonchev–Trinajstić information content (AvgIpc) is 1.92. The van der Waals surface area contributed by atoms with E-state index in [0.29, 0.717) is 5.69 Å². The number of halogens is 3. The van der Waals surface area contributed by atoms with Crippen molar-refractivity contribution in [3.63, 3.8) is 0 Å². The van der Waals surface area contributed by atoms with Crippen LogP contribution in [0, 0.1) is 13.8 Å². The smallest absolute Gasteiger partial charge is 0.445 e. The van der Waals surface area contributed by atoms with Crippen molar-refractivity contribution in [3.8, 4) is 0 Å². The quantitative estimate of drug-likeness (QED) is 0.591. The van der Waals surface area contributed by atoms with E-state index in [-0.39, 0.29) is 5.56 Å². The zero-order valence-corrected chi connectivity index (χ0v) is 6.81. The summed E-state index contributed by atoms with van der Waals surface area (Å²) in [5.74, 6) is 0. The summed E-state index contributed by atoms with van der Waals surface area (Å²) in [5, 5.41) is 0. The number of nitrogens with zero attached hydrogens (tertiary/aromatic N) is 1. The largest absolute Gasteiger partial charge is 0.510 e. The number of pyridine rings is 1. The lowest BCUT2D eigenvalue weighted by molar-refractivity contribution is 0.500. The zero-order chi connectivity index (χ0) is 9.35. The van der Waals surface area contributed by atoms with Gasteiger partial charge in [-0.25, -0.2) is 0 Å². The molecule has 12 heavy (non-hydrogen) atoms. The predicted octanol–water partition coefficient (Wildman–Crippen LogP) is 1.75. The summed E-state index contributed by atoms with van der Waals surface area (Å²) in [6, 6.07) is 1.08. The molecule has 1 aromatic heterocycles. The summed E-state index contributed by atoms with van der Waals surface area (Å²) in [5.41, 5.74) is 0.0467. The lowest BCUT2D eigenvalue weighted by Gasteiger charge is -2.17. The molecule has 0 aliphatic rings. The molecule has 0 saturated carbocycles. The van der Waals surface area contributed by atoms with Gasteiger partial charge < -0.3 is 12.9 Å². The number of hydrogen-bond donors (Lipinski definition) is 0. The molecule has 0 atom stereocenters. The first kappa shape index (κ1) is 9.10. The molecule has 1 heterocycles. The molecule has 1 nitrogen and oxygen atoms in total. The first-order valence-electron chi connectivity index (χ1n) is 3.54. The average molecular weight is 174 g/mol. The Labute approximate surface area is 68.7 Å². The molecule has 0 spiro atoms. The van der Waals surface area contributed by atoms with E-state index in [1.165, 1.54) is 13.1 Å². The maximum atomic E-state index is 12.3. The summed E-state index contributed by atoms with van der Waals surface area (Å²) in [7, 11) is 0. The first-order chi connectivity index (χ1) is 5.41. The van der Waals surface area contributed by atoms with Crippen molar-refractivity contribution in [2.75, 3.05) is 0 Å². The number of hydrogen-bond acceptors (Lipinski definition) is 1. The normalized spacial score (nSPS) is 11.8. The van der Waals surface area contributed by atoms with Crippen molar-refractivity contribution in [2.45, 2.75) is 13.8 Å². The van der Waals surface area contributed by atoms with E-state index >= 15 is 0 Å². The molecule has 0 fully saturated rings. The van der Waals surface area contributed by atoms with Crippen molar-refractivity contribution < 1.29 is 12.9 Å². The van der Waals surface area contributed by atoms with Crippen LogP contribution in [0.5, 0.6) is 0 Å². The fourth-order valence-corrected chi connectivity index (χ4v) is 1.00. The molecule has 0 saturated heterocycles. The van der Waals surface area contributed by atoms with Crippen LogP contribution >= 0.6 is 0 Å². The molecule has 1 rings (SSSR count). The third-order valence-electron chi connectivity index (χ3n) is 1.63. The lowest BCUT2D eigenvalue weighted by atomic mass is 9.77. The molecular formula is C7H8BF3N-. The Bertz CT molecular complexity index is 295. The maximum Gasteiger partial charge on any atom is 0.510 e. The molecule has 5 heteroatoms. The lowest BCUT2D eigenvalue weighted by Crippen LogP contribution is -2.36. The fourth-order valence-electron chi connectivity index (χ4n) is 1.00. The van der Waals surface area contributed by atoms with Crippen LogP contribution in [0.3, 0.4) is 0 Å². The van der Waals surface area contributed by atoms with Crippen molar-refractivity contribution >= 4 is 12.4 Å². The van der Waals surface area contributed by atoms with Gasteiger partial charge in [0, 0.05) is 11.9 Å². The van der Waals surface area contributed by atoms with Gasteiger partial charge in [0.1, 0.15) is 0 Å². The van der Waals surface area contributed by atoms with Crippen molar-refractivity contribution in [2.24, 2.45) is 0 Å². The maximum absolute atomic E-state index is 12.3.